The Kier molecular flexibility index (Phi) is 5.72. The van der Waals surface area contributed by atoms with Crippen LogP contribution in [0.5, 0.6) is 0 Å². The number of hydrogen-bond donors (Lipinski definition) is 2. The number of alkyl halides is 2. The van der Waals surface area contributed by atoms with Gasteiger partial charge in [-0.2, -0.15) is 0 Å². The van der Waals surface area contributed by atoms with Crippen molar-refractivity contribution in [2.24, 2.45) is 11.1 Å². The molecule has 0 aromatic rings. The third-order valence-corrected chi connectivity index (χ3v) is 1.78. The number of rotatable bonds is 5. The zero-order chi connectivity index (χ0) is 12.1. The number of carbonyl (C=O) groups is 1. The summed E-state index contributed by atoms with van der Waals surface area (Å²) in [5.74, 6) is -0.410. The third-order valence-electron chi connectivity index (χ3n) is 1.78. The van der Waals surface area contributed by atoms with Gasteiger partial charge in [0, 0.05) is 12.5 Å². The van der Waals surface area contributed by atoms with Gasteiger partial charge in [0.15, 0.2) is 0 Å². The van der Waals surface area contributed by atoms with Crippen LogP contribution in [0.3, 0.4) is 0 Å². The maximum atomic E-state index is 11.8. The van der Waals surface area contributed by atoms with Crippen molar-refractivity contribution in [3.8, 4) is 0 Å². The van der Waals surface area contributed by atoms with E-state index < -0.39 is 18.9 Å². The molecule has 0 saturated heterocycles. The van der Waals surface area contributed by atoms with Gasteiger partial charge in [-0.25, -0.2) is 8.78 Å². The topological polar surface area (TPSA) is 55.1 Å². The lowest BCUT2D eigenvalue weighted by atomic mass is 9.87. The van der Waals surface area contributed by atoms with E-state index in [-0.39, 0.29) is 17.9 Å². The van der Waals surface area contributed by atoms with Gasteiger partial charge < -0.3 is 11.1 Å². The molecule has 90 valence electrons. The van der Waals surface area contributed by atoms with Crippen LogP contribution in [0.15, 0.2) is 0 Å². The molecule has 0 radical (unpaired) electrons. The molecule has 0 aliphatic carbocycles. The van der Waals surface area contributed by atoms with Crippen molar-refractivity contribution >= 4 is 5.91 Å². The molecule has 0 aliphatic rings. The number of carbonyl (C=O) groups excluding carboxylic acids is 1. The standard InChI is InChI=1S/C10H20F2N2O/c1-10(2,3)5-7(13)4-9(15)14-6-8(11)12/h7-8H,4-6,13H2,1-3H3,(H,14,15). The molecular weight excluding hydrogens is 202 g/mol. The molecule has 1 atom stereocenters. The first-order chi connectivity index (χ1) is 6.70. The highest BCUT2D eigenvalue weighted by molar-refractivity contribution is 5.76. The average Bonchev–Trinajstić information content (AvgIpc) is 1.96. The summed E-state index contributed by atoms with van der Waals surface area (Å²) in [6, 6.07) is -0.275. The maximum Gasteiger partial charge on any atom is 0.255 e. The molecule has 0 heterocycles. The summed E-state index contributed by atoms with van der Waals surface area (Å²) in [5, 5.41) is 2.13. The molecule has 5 heteroatoms. The van der Waals surface area contributed by atoms with E-state index in [1.165, 1.54) is 0 Å². The van der Waals surface area contributed by atoms with Crippen molar-refractivity contribution in [1.29, 1.82) is 0 Å². The summed E-state index contributed by atoms with van der Waals surface area (Å²) >= 11 is 0. The van der Waals surface area contributed by atoms with E-state index in [9.17, 15) is 13.6 Å². The van der Waals surface area contributed by atoms with Crippen LogP contribution < -0.4 is 11.1 Å². The van der Waals surface area contributed by atoms with Crippen LogP contribution in [0.2, 0.25) is 0 Å². The quantitative estimate of drug-likeness (QED) is 0.741. The lowest BCUT2D eigenvalue weighted by Crippen LogP contribution is -2.35. The molecule has 0 fully saturated rings. The van der Waals surface area contributed by atoms with Gasteiger partial charge >= 0.3 is 0 Å². The van der Waals surface area contributed by atoms with Gasteiger partial charge in [-0.15, -0.1) is 0 Å². The number of nitrogens with two attached hydrogens (primary N) is 1. The van der Waals surface area contributed by atoms with Crippen LogP contribution in [-0.2, 0) is 4.79 Å². The lowest BCUT2D eigenvalue weighted by Gasteiger charge is -2.22. The molecular formula is C10H20F2N2O. The monoisotopic (exact) mass is 222 g/mol. The van der Waals surface area contributed by atoms with Gasteiger partial charge in [-0.05, 0) is 11.8 Å². The van der Waals surface area contributed by atoms with Crippen molar-refractivity contribution in [3.05, 3.63) is 0 Å². The number of nitrogens with one attached hydrogen (secondary N) is 1. The normalized spacial score (nSPS) is 14.1. The van der Waals surface area contributed by atoms with E-state index in [2.05, 4.69) is 5.32 Å². The van der Waals surface area contributed by atoms with E-state index in [1.807, 2.05) is 20.8 Å². The minimum Gasteiger partial charge on any atom is -0.350 e. The molecule has 0 rings (SSSR count). The van der Waals surface area contributed by atoms with Gasteiger partial charge in [-0.3, -0.25) is 4.79 Å². The zero-order valence-electron chi connectivity index (χ0n) is 9.52. The van der Waals surface area contributed by atoms with Crippen molar-refractivity contribution in [2.75, 3.05) is 6.54 Å². The molecule has 0 bridgehead atoms. The summed E-state index contributed by atoms with van der Waals surface area (Å²) in [5.41, 5.74) is 5.76. The van der Waals surface area contributed by atoms with Crippen molar-refractivity contribution in [3.63, 3.8) is 0 Å². The predicted molar refractivity (Wildman–Crippen MR) is 55.7 cm³/mol. The van der Waals surface area contributed by atoms with Gasteiger partial charge in [0.25, 0.3) is 6.43 Å². The highest BCUT2D eigenvalue weighted by Gasteiger charge is 2.18. The van der Waals surface area contributed by atoms with Crippen LogP contribution in [0.4, 0.5) is 8.78 Å². The average molecular weight is 222 g/mol. The fourth-order valence-corrected chi connectivity index (χ4v) is 1.36. The maximum absolute atomic E-state index is 11.8. The highest BCUT2D eigenvalue weighted by atomic mass is 19.3. The van der Waals surface area contributed by atoms with E-state index in [4.69, 9.17) is 5.73 Å². The molecule has 15 heavy (non-hydrogen) atoms. The zero-order valence-corrected chi connectivity index (χ0v) is 9.52. The molecule has 0 spiro atoms. The molecule has 0 saturated carbocycles. The Balaban J connectivity index is 3.77. The van der Waals surface area contributed by atoms with Gasteiger partial charge in [0.05, 0.1) is 6.54 Å². The largest absolute Gasteiger partial charge is 0.350 e. The second-order valence-electron chi connectivity index (χ2n) is 4.92. The minimum atomic E-state index is -2.51. The Labute approximate surface area is 89.4 Å². The molecule has 3 nitrogen and oxygen atoms in total. The molecule has 1 unspecified atom stereocenters. The first kappa shape index (κ1) is 14.3. The third kappa shape index (κ3) is 9.59. The number of hydrogen-bond acceptors (Lipinski definition) is 2. The van der Waals surface area contributed by atoms with E-state index in [0.717, 1.165) is 0 Å². The van der Waals surface area contributed by atoms with Crippen LogP contribution in [0.25, 0.3) is 0 Å². The Hall–Kier alpha value is -0.710. The molecule has 0 aromatic heterocycles. The van der Waals surface area contributed by atoms with Crippen LogP contribution in [-0.4, -0.2) is 24.9 Å². The Morgan fingerprint density at radius 1 is 1.40 bits per heavy atom. The Bertz CT molecular complexity index is 202. The van der Waals surface area contributed by atoms with Crippen LogP contribution >= 0.6 is 0 Å². The van der Waals surface area contributed by atoms with Crippen molar-refractivity contribution < 1.29 is 13.6 Å². The van der Waals surface area contributed by atoms with Gasteiger partial charge in [0.1, 0.15) is 0 Å². The summed E-state index contributed by atoms with van der Waals surface area (Å²) < 4.78 is 23.5. The number of amides is 1. The van der Waals surface area contributed by atoms with Crippen molar-refractivity contribution in [2.45, 2.75) is 46.1 Å². The van der Waals surface area contributed by atoms with Crippen LogP contribution in [0.1, 0.15) is 33.6 Å². The summed E-state index contributed by atoms with van der Waals surface area (Å²) in [6.45, 7) is 5.46. The van der Waals surface area contributed by atoms with Crippen molar-refractivity contribution in [1.82, 2.24) is 5.32 Å². The van der Waals surface area contributed by atoms with E-state index >= 15 is 0 Å². The summed E-state index contributed by atoms with van der Waals surface area (Å²) in [4.78, 5) is 11.1. The Morgan fingerprint density at radius 3 is 2.33 bits per heavy atom. The summed E-state index contributed by atoms with van der Waals surface area (Å²) in [6.07, 6.45) is -1.72. The SMILES string of the molecule is CC(C)(C)CC(N)CC(=O)NCC(F)F. The first-order valence-electron chi connectivity index (χ1n) is 5.01. The minimum absolute atomic E-state index is 0.0441. The molecule has 0 aliphatic heterocycles. The molecule has 3 N–H and O–H groups in total. The molecule has 0 aromatic carbocycles. The fraction of sp³-hybridized carbons (Fsp3) is 0.900. The van der Waals surface area contributed by atoms with E-state index in [1.54, 1.807) is 0 Å². The highest BCUT2D eigenvalue weighted by Crippen LogP contribution is 2.20. The van der Waals surface area contributed by atoms with Gasteiger partial charge in [0.2, 0.25) is 5.91 Å². The predicted octanol–water partition coefficient (Wildman–Crippen LogP) is 1.52. The smallest absolute Gasteiger partial charge is 0.255 e. The summed E-state index contributed by atoms with van der Waals surface area (Å²) in [7, 11) is 0. The fourth-order valence-electron chi connectivity index (χ4n) is 1.36. The second kappa shape index (κ2) is 6.00. The van der Waals surface area contributed by atoms with Crippen LogP contribution in [0, 0.1) is 5.41 Å². The number of halogens is 2. The van der Waals surface area contributed by atoms with Gasteiger partial charge in [-0.1, -0.05) is 20.8 Å². The van der Waals surface area contributed by atoms with E-state index in [0.29, 0.717) is 6.42 Å². The molecule has 1 amide bonds. The lowest BCUT2D eigenvalue weighted by molar-refractivity contribution is -0.122. The Morgan fingerprint density at radius 2 is 1.93 bits per heavy atom. The second-order valence-corrected chi connectivity index (χ2v) is 4.92. The first-order valence-corrected chi connectivity index (χ1v) is 5.01.